The van der Waals surface area contributed by atoms with E-state index in [4.69, 9.17) is 4.74 Å². The Morgan fingerprint density at radius 2 is 0.794 bits per heavy atom. The van der Waals surface area contributed by atoms with Gasteiger partial charge in [-0.15, -0.1) is 0 Å². The molecule has 0 saturated heterocycles. The van der Waals surface area contributed by atoms with Crippen LogP contribution in [-0.2, 0) is 49.4 Å². The average molecular weight is 967 g/mol. The molecule has 350 valence electrons. The van der Waals surface area contributed by atoms with Crippen LogP contribution in [0.25, 0.3) is 0 Å². The molecule has 7 aromatic carbocycles. The third kappa shape index (κ3) is 12.1. The van der Waals surface area contributed by atoms with Gasteiger partial charge >= 0.3 is 30.7 Å². The minimum atomic E-state index is -4.77. The van der Waals surface area contributed by atoms with Gasteiger partial charge in [0.05, 0.1) is 22.3 Å². The Hall–Kier alpha value is -7.06. The molecule has 0 aliphatic rings. The van der Waals surface area contributed by atoms with Crippen molar-refractivity contribution in [2.45, 2.75) is 42.3 Å². The van der Waals surface area contributed by atoms with Crippen molar-refractivity contribution < 1.29 is 66.4 Å². The van der Waals surface area contributed by atoms with E-state index in [0.717, 1.165) is 59.7 Å². The first-order chi connectivity index (χ1) is 31.9. The second-order valence-electron chi connectivity index (χ2n) is 15.3. The Labute approximate surface area is 383 Å². The number of rotatable bonds is 8. The highest BCUT2D eigenvalue weighted by atomic mass is 32.2. The smallest absolute Gasteiger partial charge is 0.416 e. The quantitative estimate of drug-likeness (QED) is 0.0381. The minimum Gasteiger partial charge on any atom is -0.427 e. The maximum Gasteiger partial charge on any atom is 0.416 e. The predicted octanol–water partition coefficient (Wildman–Crippen LogP) is 11.8. The first kappa shape index (κ1) is 50.4. The number of alkyl halides is 12. The zero-order valence-corrected chi connectivity index (χ0v) is 36.1. The normalized spacial score (nSPS) is 13.0. The van der Waals surface area contributed by atoms with E-state index in [1.807, 2.05) is 72.8 Å². The summed E-state index contributed by atoms with van der Waals surface area (Å²) in [6, 6.07) is 39.4. The van der Waals surface area contributed by atoms with Gasteiger partial charge in [-0.2, -0.15) is 74.5 Å². The summed E-state index contributed by atoms with van der Waals surface area (Å²) in [5.74, 6) is 3.43. The molecule has 0 aliphatic carbocycles. The highest BCUT2D eigenvalue weighted by Gasteiger charge is 2.38. The molecule has 7 rings (SSSR count). The van der Waals surface area contributed by atoms with E-state index in [1.54, 1.807) is 12.1 Å². The van der Waals surface area contributed by atoms with Crippen LogP contribution in [0.1, 0.15) is 40.3 Å². The third-order valence-corrected chi connectivity index (χ3v) is 13.0. The standard InChI is InChI=1S/C28H16BF12.C23H19O3S/c30-25(31,32)17-1-9-21(10-2-17)29(22-11-3-18(4-12-22)26(33,34)35,23-13-5-19(6-14-23)27(36,37)38)24-15-7-20(8-16-24)28(39,40)41;1-19(24)26-22-14-12-21(13-15-22)18-27(25,23-10-6-3-7-11-23)17-16-20-8-4-2-5-9-20/h1-16H;2-15H,18H2,1H3/q-1;+1. The lowest BCUT2D eigenvalue weighted by Crippen LogP contribution is -2.74. The van der Waals surface area contributed by atoms with E-state index >= 15 is 0 Å². The Bertz CT molecular complexity index is 2670. The molecule has 0 spiro atoms. The molecule has 0 fully saturated rings. The summed E-state index contributed by atoms with van der Waals surface area (Å²) in [5, 5.41) is 3.02. The molecule has 0 aromatic heterocycles. The first-order valence-corrected chi connectivity index (χ1v) is 21.9. The SMILES string of the molecule is CC(=O)Oc1ccc(C[S+](=O)(C#Cc2ccccc2)c2ccccc2)cc1.FC(F)(F)c1ccc([B-](c2ccc(C(F)(F)F)cc2)(c2ccc(C(F)(F)F)cc2)c2ccc(C(F)(F)F)cc2)cc1. The Balaban J connectivity index is 0.000000244. The summed E-state index contributed by atoms with van der Waals surface area (Å²) < 4.78 is 179. The zero-order chi connectivity index (χ0) is 49.5. The molecule has 0 aliphatic heterocycles. The molecule has 0 saturated carbocycles. The van der Waals surface area contributed by atoms with Crippen LogP contribution < -0.4 is 26.6 Å². The van der Waals surface area contributed by atoms with Gasteiger partial charge in [-0.3, -0.25) is 4.79 Å². The zero-order valence-electron chi connectivity index (χ0n) is 35.3. The highest BCUT2D eigenvalue weighted by Crippen LogP contribution is 2.33. The number of carbonyl (C=O) groups is 1. The second kappa shape index (κ2) is 20.0. The molecule has 0 heterocycles. The highest BCUT2D eigenvalue weighted by molar-refractivity contribution is 8.06. The van der Waals surface area contributed by atoms with E-state index in [2.05, 4.69) is 11.2 Å². The lowest BCUT2D eigenvalue weighted by Gasteiger charge is -2.44. The van der Waals surface area contributed by atoms with E-state index in [9.17, 15) is 61.7 Å². The fourth-order valence-electron chi connectivity index (χ4n) is 7.53. The van der Waals surface area contributed by atoms with Crippen molar-refractivity contribution in [3.8, 4) is 16.9 Å². The van der Waals surface area contributed by atoms with Crippen LogP contribution in [0.15, 0.2) is 187 Å². The van der Waals surface area contributed by atoms with Gasteiger partial charge in [0.1, 0.15) is 11.9 Å². The fraction of sp³-hybridized carbons (Fsp3) is 0.118. The van der Waals surface area contributed by atoms with Crippen molar-refractivity contribution in [1.82, 2.24) is 0 Å². The predicted molar refractivity (Wildman–Crippen MR) is 238 cm³/mol. The average Bonchev–Trinajstić information content (AvgIpc) is 3.29. The number of hydrogen-bond acceptors (Lipinski definition) is 3. The van der Waals surface area contributed by atoms with Gasteiger partial charge in [0, 0.05) is 18.1 Å². The molecule has 0 amide bonds. The van der Waals surface area contributed by atoms with Crippen LogP contribution in [0, 0.1) is 11.2 Å². The fourth-order valence-corrected chi connectivity index (χ4v) is 9.43. The maximum absolute atomic E-state index is 13.7. The molecule has 7 aromatic rings. The van der Waals surface area contributed by atoms with Crippen LogP contribution in [0.3, 0.4) is 0 Å². The van der Waals surface area contributed by atoms with Gasteiger partial charge < -0.3 is 4.74 Å². The summed E-state index contributed by atoms with van der Waals surface area (Å²) in [5.41, 5.74) is -2.61. The maximum atomic E-state index is 13.7. The van der Waals surface area contributed by atoms with Crippen LogP contribution >= 0.6 is 0 Å². The van der Waals surface area contributed by atoms with Crippen molar-refractivity contribution in [3.05, 3.63) is 215 Å². The van der Waals surface area contributed by atoms with E-state index < -0.39 is 63.0 Å². The molecule has 17 heteroatoms. The van der Waals surface area contributed by atoms with Crippen molar-refractivity contribution >= 4 is 43.9 Å². The van der Waals surface area contributed by atoms with Crippen LogP contribution in [-0.4, -0.2) is 12.1 Å². The molecule has 0 radical (unpaired) electrons. The van der Waals surface area contributed by atoms with Crippen LogP contribution in [0.5, 0.6) is 5.75 Å². The van der Waals surface area contributed by atoms with Crippen molar-refractivity contribution in [3.63, 3.8) is 0 Å². The number of halogens is 12. The molecule has 3 nitrogen and oxygen atoms in total. The summed E-state index contributed by atoms with van der Waals surface area (Å²) in [4.78, 5) is 11.8. The molecule has 0 N–H and O–H groups in total. The lowest BCUT2D eigenvalue weighted by molar-refractivity contribution is -0.138. The molecule has 68 heavy (non-hydrogen) atoms. The molecular weight excluding hydrogens is 931 g/mol. The largest absolute Gasteiger partial charge is 0.427 e. The Morgan fingerprint density at radius 1 is 0.471 bits per heavy atom. The van der Waals surface area contributed by atoms with Gasteiger partial charge in [-0.1, -0.05) is 150 Å². The Kier molecular flexibility index (Phi) is 14.8. The van der Waals surface area contributed by atoms with E-state index in [1.165, 1.54) is 6.92 Å². The monoisotopic (exact) mass is 966 g/mol. The van der Waals surface area contributed by atoms with E-state index in [0.29, 0.717) is 59.2 Å². The molecular formula is C51H35BF12O3S. The molecule has 1 unspecified atom stereocenters. The summed E-state index contributed by atoms with van der Waals surface area (Å²) in [7, 11) is -2.62. The van der Waals surface area contributed by atoms with Crippen molar-refractivity contribution in [2.75, 3.05) is 0 Å². The third-order valence-electron chi connectivity index (χ3n) is 10.8. The van der Waals surface area contributed by atoms with Gasteiger partial charge in [-0.25, -0.2) is 0 Å². The minimum absolute atomic E-state index is 0.0114. The summed E-state index contributed by atoms with van der Waals surface area (Å²) in [6.45, 7) is 1.36. The first-order valence-electron chi connectivity index (χ1n) is 20.2. The Morgan fingerprint density at radius 3 is 1.10 bits per heavy atom. The number of hydrogen-bond donors (Lipinski definition) is 0. The van der Waals surface area contributed by atoms with Crippen LogP contribution in [0.2, 0.25) is 0 Å². The lowest BCUT2D eigenvalue weighted by atomic mass is 9.13. The summed E-state index contributed by atoms with van der Waals surface area (Å²) >= 11 is 0. The topological polar surface area (TPSA) is 43.4 Å². The number of ether oxygens (including phenoxy) is 1. The van der Waals surface area contributed by atoms with Gasteiger partial charge in [0.25, 0.3) is 0 Å². The molecule has 1 atom stereocenters. The van der Waals surface area contributed by atoms with Gasteiger partial charge in [0.15, 0.2) is 25.8 Å². The van der Waals surface area contributed by atoms with Gasteiger partial charge in [0.2, 0.25) is 0 Å². The number of carbonyl (C=O) groups excluding carboxylic acids is 1. The van der Waals surface area contributed by atoms with E-state index in [-0.39, 0.29) is 33.6 Å². The van der Waals surface area contributed by atoms with Crippen molar-refractivity contribution in [2.24, 2.45) is 0 Å². The number of benzene rings is 7. The van der Waals surface area contributed by atoms with Gasteiger partial charge in [-0.05, 0) is 42.3 Å². The molecule has 0 bridgehead atoms. The van der Waals surface area contributed by atoms with Crippen LogP contribution in [0.4, 0.5) is 52.7 Å². The van der Waals surface area contributed by atoms with Crippen molar-refractivity contribution in [1.29, 1.82) is 0 Å². The number of esters is 1. The summed E-state index contributed by atoms with van der Waals surface area (Å²) in [6.07, 6.45) is -22.0. The second-order valence-corrected chi connectivity index (χ2v) is 17.6.